The van der Waals surface area contributed by atoms with E-state index < -0.39 is 10.0 Å². The molecule has 1 fully saturated rings. The van der Waals surface area contributed by atoms with E-state index in [0.29, 0.717) is 39.1 Å². The number of aryl methyl sites for hydroxylation is 2. The Bertz CT molecular complexity index is 1010. The van der Waals surface area contributed by atoms with Crippen LogP contribution >= 0.6 is 0 Å². The predicted octanol–water partition coefficient (Wildman–Crippen LogP) is 3.35. The number of carbonyl (C=O) groups excluding carboxylic acids is 1. The molecule has 6 nitrogen and oxygen atoms in total. The number of carbonyl (C=O) groups is 1. The summed E-state index contributed by atoms with van der Waals surface area (Å²) >= 11 is 0. The number of benzene rings is 2. The van der Waals surface area contributed by atoms with Crippen LogP contribution in [0.15, 0.2) is 42.5 Å². The van der Waals surface area contributed by atoms with Gasteiger partial charge in [-0.05, 0) is 61.9 Å². The zero-order valence-corrected chi connectivity index (χ0v) is 19.4. The van der Waals surface area contributed by atoms with Gasteiger partial charge in [-0.1, -0.05) is 36.4 Å². The smallest absolute Gasteiger partial charge is 0.223 e. The van der Waals surface area contributed by atoms with Crippen molar-refractivity contribution in [3.05, 3.63) is 64.7 Å². The first-order chi connectivity index (χ1) is 14.8. The maximum Gasteiger partial charge on any atom is 0.223 e. The molecule has 1 heterocycles. The normalized spacial score (nSPS) is 15.6. The van der Waals surface area contributed by atoms with E-state index in [1.807, 2.05) is 63.2 Å². The summed E-state index contributed by atoms with van der Waals surface area (Å²) in [5, 5.41) is 2.93. The van der Waals surface area contributed by atoms with Crippen LogP contribution in [0.25, 0.3) is 0 Å². The van der Waals surface area contributed by atoms with E-state index in [4.69, 9.17) is 4.74 Å². The molecule has 31 heavy (non-hydrogen) atoms. The molecule has 0 saturated carbocycles. The van der Waals surface area contributed by atoms with Crippen LogP contribution in [-0.4, -0.2) is 44.9 Å². The van der Waals surface area contributed by atoms with Crippen LogP contribution in [0.5, 0.6) is 5.75 Å². The molecule has 2 aromatic rings. The molecule has 1 aliphatic heterocycles. The molecule has 1 saturated heterocycles. The van der Waals surface area contributed by atoms with E-state index in [9.17, 15) is 13.2 Å². The van der Waals surface area contributed by atoms with Gasteiger partial charge >= 0.3 is 0 Å². The van der Waals surface area contributed by atoms with E-state index in [2.05, 4.69) is 5.32 Å². The third-order valence-corrected chi connectivity index (χ3v) is 7.86. The van der Waals surface area contributed by atoms with E-state index in [1.54, 1.807) is 0 Å². The van der Waals surface area contributed by atoms with E-state index in [-0.39, 0.29) is 17.6 Å². The van der Waals surface area contributed by atoms with Crippen LogP contribution in [-0.2, 0) is 20.6 Å². The van der Waals surface area contributed by atoms with Crippen molar-refractivity contribution in [1.82, 2.24) is 9.62 Å². The van der Waals surface area contributed by atoms with Gasteiger partial charge in [-0.15, -0.1) is 0 Å². The highest BCUT2D eigenvalue weighted by Crippen LogP contribution is 2.23. The van der Waals surface area contributed by atoms with Gasteiger partial charge < -0.3 is 10.1 Å². The van der Waals surface area contributed by atoms with Gasteiger partial charge in [0.05, 0.1) is 12.3 Å². The van der Waals surface area contributed by atoms with Gasteiger partial charge in [0.1, 0.15) is 12.4 Å². The monoisotopic (exact) mass is 444 g/mol. The highest BCUT2D eigenvalue weighted by atomic mass is 32.2. The van der Waals surface area contributed by atoms with Crippen LogP contribution in [0.3, 0.4) is 0 Å². The zero-order valence-electron chi connectivity index (χ0n) is 18.6. The molecule has 0 aromatic heterocycles. The Morgan fingerprint density at radius 3 is 2.42 bits per heavy atom. The quantitative estimate of drug-likeness (QED) is 0.634. The summed E-state index contributed by atoms with van der Waals surface area (Å²) in [4.78, 5) is 12.5. The van der Waals surface area contributed by atoms with E-state index in [1.165, 1.54) is 9.87 Å². The lowest BCUT2D eigenvalue weighted by Crippen LogP contribution is -2.44. The average Bonchev–Trinajstić information content (AvgIpc) is 2.75. The second-order valence-corrected chi connectivity index (χ2v) is 10.2. The summed E-state index contributed by atoms with van der Waals surface area (Å²) in [7, 11) is -3.39. The SMILES string of the molecule is Cc1ccccc1CS(=O)(=O)N1CCC(C(=O)NCCOc2cccc(C)c2C)CC1. The number of amides is 1. The molecule has 1 amide bonds. The zero-order chi connectivity index (χ0) is 22.4. The minimum Gasteiger partial charge on any atom is -0.491 e. The van der Waals surface area contributed by atoms with Gasteiger partial charge in [0.2, 0.25) is 15.9 Å². The fourth-order valence-corrected chi connectivity index (χ4v) is 5.48. The Kier molecular flexibility index (Phi) is 7.73. The van der Waals surface area contributed by atoms with Crippen LogP contribution in [0.2, 0.25) is 0 Å². The average molecular weight is 445 g/mol. The van der Waals surface area contributed by atoms with Crippen molar-refractivity contribution in [3.8, 4) is 5.75 Å². The molecule has 1 N–H and O–H groups in total. The molecule has 0 unspecified atom stereocenters. The van der Waals surface area contributed by atoms with Gasteiger partial charge in [0.15, 0.2) is 0 Å². The van der Waals surface area contributed by atoms with Crippen molar-refractivity contribution in [2.75, 3.05) is 26.2 Å². The third-order valence-electron chi connectivity index (χ3n) is 6.03. The van der Waals surface area contributed by atoms with Crippen molar-refractivity contribution in [2.24, 2.45) is 5.92 Å². The molecule has 7 heteroatoms. The summed E-state index contributed by atoms with van der Waals surface area (Å²) in [6, 6.07) is 13.5. The molecule has 0 radical (unpaired) electrons. The van der Waals surface area contributed by atoms with Crippen molar-refractivity contribution in [1.29, 1.82) is 0 Å². The number of nitrogens with zero attached hydrogens (tertiary/aromatic N) is 1. The van der Waals surface area contributed by atoms with Crippen molar-refractivity contribution in [2.45, 2.75) is 39.4 Å². The number of hydrogen-bond donors (Lipinski definition) is 1. The molecule has 2 aromatic carbocycles. The Balaban J connectivity index is 1.43. The summed E-state index contributed by atoms with van der Waals surface area (Å²) < 4.78 is 32.9. The second-order valence-electron chi connectivity index (χ2n) is 8.19. The van der Waals surface area contributed by atoms with Crippen molar-refractivity contribution in [3.63, 3.8) is 0 Å². The summed E-state index contributed by atoms with van der Waals surface area (Å²) in [5.41, 5.74) is 4.08. The van der Waals surface area contributed by atoms with Gasteiger partial charge in [-0.3, -0.25) is 4.79 Å². The molecule has 0 spiro atoms. The molecule has 0 atom stereocenters. The Hall–Kier alpha value is -2.38. The number of nitrogens with one attached hydrogen (secondary N) is 1. The first-order valence-electron chi connectivity index (χ1n) is 10.8. The Morgan fingerprint density at radius 1 is 1.03 bits per heavy atom. The molecule has 1 aliphatic rings. The lowest BCUT2D eigenvalue weighted by atomic mass is 9.97. The van der Waals surface area contributed by atoms with Gasteiger partial charge in [-0.25, -0.2) is 12.7 Å². The van der Waals surface area contributed by atoms with Gasteiger partial charge in [0, 0.05) is 19.0 Å². The van der Waals surface area contributed by atoms with Gasteiger partial charge in [0.25, 0.3) is 0 Å². The second kappa shape index (κ2) is 10.3. The Labute approximate surface area is 185 Å². The van der Waals surface area contributed by atoms with E-state index in [0.717, 1.165) is 22.4 Å². The molecule has 0 bridgehead atoms. The molecule has 168 valence electrons. The molecular weight excluding hydrogens is 412 g/mol. The minimum atomic E-state index is -3.39. The highest BCUT2D eigenvalue weighted by Gasteiger charge is 2.31. The van der Waals surface area contributed by atoms with Crippen LogP contribution in [0, 0.1) is 26.7 Å². The number of hydrogen-bond acceptors (Lipinski definition) is 4. The first-order valence-corrected chi connectivity index (χ1v) is 12.4. The van der Waals surface area contributed by atoms with E-state index >= 15 is 0 Å². The maximum absolute atomic E-state index is 12.8. The van der Waals surface area contributed by atoms with Gasteiger partial charge in [-0.2, -0.15) is 0 Å². The maximum atomic E-state index is 12.8. The number of rotatable bonds is 8. The van der Waals surface area contributed by atoms with Crippen LogP contribution in [0.4, 0.5) is 0 Å². The number of piperidine rings is 1. The fraction of sp³-hybridized carbons (Fsp3) is 0.458. The number of sulfonamides is 1. The predicted molar refractivity (Wildman–Crippen MR) is 123 cm³/mol. The minimum absolute atomic E-state index is 0.00620. The topological polar surface area (TPSA) is 75.7 Å². The molecule has 0 aliphatic carbocycles. The largest absolute Gasteiger partial charge is 0.491 e. The van der Waals surface area contributed by atoms with Crippen molar-refractivity contribution >= 4 is 15.9 Å². The Morgan fingerprint density at radius 2 is 1.71 bits per heavy atom. The summed E-state index contributed by atoms with van der Waals surface area (Å²) in [6.07, 6.45) is 1.08. The standard InChI is InChI=1S/C24H32N2O4S/c1-18-8-6-10-23(20(18)3)30-16-13-25-24(27)21-11-14-26(15-12-21)31(28,29)17-22-9-5-4-7-19(22)2/h4-10,21H,11-17H2,1-3H3,(H,25,27). The summed E-state index contributed by atoms with van der Waals surface area (Å²) in [5.74, 6) is 0.652. The highest BCUT2D eigenvalue weighted by molar-refractivity contribution is 7.88. The first kappa shape index (κ1) is 23.3. The summed E-state index contributed by atoms with van der Waals surface area (Å²) in [6.45, 7) is 7.57. The lowest BCUT2D eigenvalue weighted by Gasteiger charge is -2.30. The third kappa shape index (κ3) is 6.08. The van der Waals surface area contributed by atoms with Crippen LogP contribution < -0.4 is 10.1 Å². The fourth-order valence-electron chi connectivity index (χ4n) is 3.82. The molecule has 3 rings (SSSR count). The number of ether oxygens (including phenoxy) is 1. The van der Waals surface area contributed by atoms with Crippen LogP contribution in [0.1, 0.15) is 35.1 Å². The van der Waals surface area contributed by atoms with Crippen molar-refractivity contribution < 1.29 is 17.9 Å². The molecular formula is C24H32N2O4S. The lowest BCUT2D eigenvalue weighted by molar-refractivity contribution is -0.126.